The molecule has 7 rings (SSSR count). The van der Waals surface area contributed by atoms with Gasteiger partial charge in [0.15, 0.2) is 0 Å². The largest absolute Gasteiger partial charge is 0.206 e. The van der Waals surface area contributed by atoms with E-state index in [1.54, 1.807) is 17.4 Å². The molecule has 0 saturated carbocycles. The van der Waals surface area contributed by atoms with Crippen molar-refractivity contribution < 1.29 is 4.39 Å². The van der Waals surface area contributed by atoms with Gasteiger partial charge >= 0.3 is 0 Å². The smallest absolute Gasteiger partial charge is 0.131 e. The molecule has 0 bridgehead atoms. The Kier molecular flexibility index (Phi) is 12.9. The van der Waals surface area contributed by atoms with Gasteiger partial charge in [-0.1, -0.05) is 153 Å². The van der Waals surface area contributed by atoms with Gasteiger partial charge in [0.05, 0.1) is 23.1 Å². The van der Waals surface area contributed by atoms with Gasteiger partial charge in [0.25, 0.3) is 0 Å². The molecule has 4 aromatic carbocycles. The summed E-state index contributed by atoms with van der Waals surface area (Å²) in [6.45, 7) is 9.09. The predicted octanol–water partition coefficient (Wildman–Crippen LogP) is 15.6. The van der Waals surface area contributed by atoms with Gasteiger partial charge in [-0.2, -0.15) is 17.5 Å². The predicted molar refractivity (Wildman–Crippen MR) is 232 cm³/mol. The van der Waals surface area contributed by atoms with Gasteiger partial charge in [-0.05, 0) is 70.7 Å². The topological polar surface area (TPSA) is 50.5 Å². The molecule has 280 valence electrons. The SMILES string of the molecule is CCCCCC(CC)Cc1ccc(-c2ccc(-c3c4c(c(-c5ccc(-c6ccc(CC(CC)CCCCC)cc6F)cc5)c5nsnc35)N=S=N4)s2)cc1. The van der Waals surface area contributed by atoms with Crippen molar-refractivity contribution in [2.75, 3.05) is 0 Å². The quantitative estimate of drug-likeness (QED) is 0.0815. The Bertz CT molecular complexity index is 2250. The summed E-state index contributed by atoms with van der Waals surface area (Å²) in [5.74, 6) is 1.19. The van der Waals surface area contributed by atoms with Crippen molar-refractivity contribution in [3.8, 4) is 43.1 Å². The van der Waals surface area contributed by atoms with Gasteiger partial charge in [-0.3, -0.25) is 0 Å². The highest BCUT2D eigenvalue weighted by Gasteiger charge is 2.27. The van der Waals surface area contributed by atoms with Crippen LogP contribution in [0.2, 0.25) is 0 Å². The van der Waals surface area contributed by atoms with Crippen LogP contribution in [0.25, 0.3) is 54.2 Å². The highest BCUT2D eigenvalue weighted by atomic mass is 32.1. The number of nitrogens with zero attached hydrogens (tertiary/aromatic N) is 4. The number of hydrogen-bond acceptors (Lipinski definition) is 6. The van der Waals surface area contributed by atoms with E-state index in [4.69, 9.17) is 17.5 Å². The summed E-state index contributed by atoms with van der Waals surface area (Å²) in [5.41, 5.74) is 11.4. The molecule has 3 heterocycles. The number of thiophene rings is 1. The number of fused-ring (bicyclic) bond motifs is 2. The first-order valence-corrected chi connectivity index (χ1v) is 22.3. The van der Waals surface area contributed by atoms with E-state index in [1.807, 2.05) is 18.2 Å². The zero-order valence-electron chi connectivity index (χ0n) is 32.0. The molecule has 0 N–H and O–H groups in total. The van der Waals surface area contributed by atoms with Crippen molar-refractivity contribution in [1.82, 2.24) is 8.75 Å². The minimum Gasteiger partial charge on any atom is -0.206 e. The zero-order chi connectivity index (χ0) is 37.4. The summed E-state index contributed by atoms with van der Waals surface area (Å²) >= 11 is 4.20. The van der Waals surface area contributed by atoms with E-state index in [9.17, 15) is 0 Å². The highest BCUT2D eigenvalue weighted by Crippen LogP contribution is 2.53. The van der Waals surface area contributed by atoms with E-state index >= 15 is 4.39 Å². The van der Waals surface area contributed by atoms with Crippen LogP contribution >= 0.6 is 23.1 Å². The number of unbranched alkanes of at least 4 members (excludes halogenated alkanes) is 4. The molecule has 0 fully saturated rings. The number of rotatable bonds is 18. The fourth-order valence-electron chi connectivity index (χ4n) is 7.87. The standard InChI is InChI=1S/C46H51FN4S3/c1-5-9-11-13-30(7-3)27-32-15-18-35(19-16-32)39-25-26-40(52-39)42-45-43(48-53-50-45)41(44-46(42)51-54-49-44)36-22-20-34(21-23-36)37-24-17-33(29-38(37)47)28-31(8-4)14-12-10-6-2/h15-26,29-31H,5-14,27-28H2,1-4H3. The molecule has 1 aliphatic heterocycles. The Labute approximate surface area is 332 Å². The average Bonchev–Trinajstić information content (AvgIpc) is 3.99. The number of hydrogen-bond donors (Lipinski definition) is 0. The van der Waals surface area contributed by atoms with Gasteiger partial charge in [-0.25, -0.2) is 4.39 Å². The third-order valence-corrected chi connectivity index (χ3v) is 13.4. The molecule has 2 atom stereocenters. The van der Waals surface area contributed by atoms with Crippen LogP contribution in [0, 0.1) is 17.7 Å². The van der Waals surface area contributed by atoms with Gasteiger partial charge < -0.3 is 0 Å². The summed E-state index contributed by atoms with van der Waals surface area (Å²) in [4.78, 5) is 2.33. The molecule has 1 aliphatic rings. The summed E-state index contributed by atoms with van der Waals surface area (Å²) in [6, 6.07) is 27.5. The van der Waals surface area contributed by atoms with Crippen LogP contribution in [0.3, 0.4) is 0 Å². The zero-order valence-corrected chi connectivity index (χ0v) is 34.5. The molecule has 0 aliphatic carbocycles. The Balaban J connectivity index is 1.12. The molecule has 2 unspecified atom stereocenters. The van der Waals surface area contributed by atoms with E-state index in [0.717, 1.165) is 80.3 Å². The summed E-state index contributed by atoms with van der Waals surface area (Å²) in [7, 11) is 0. The molecule has 54 heavy (non-hydrogen) atoms. The second-order valence-electron chi connectivity index (χ2n) is 14.9. The van der Waals surface area contributed by atoms with Gasteiger partial charge in [0.2, 0.25) is 0 Å². The van der Waals surface area contributed by atoms with Gasteiger partial charge in [0, 0.05) is 26.4 Å². The second-order valence-corrected chi connectivity index (χ2v) is 17.0. The number of benzene rings is 4. The van der Waals surface area contributed by atoms with Crippen LogP contribution in [0.15, 0.2) is 87.6 Å². The fraction of sp³-hybridized carbons (Fsp3) is 0.391. The lowest BCUT2D eigenvalue weighted by Gasteiger charge is -2.15. The molecule has 0 spiro atoms. The fourth-order valence-corrected chi connectivity index (χ4v) is 10.0. The normalized spacial score (nSPS) is 13.4. The molecule has 4 nitrogen and oxygen atoms in total. The van der Waals surface area contributed by atoms with Crippen molar-refractivity contribution >= 4 is 56.8 Å². The van der Waals surface area contributed by atoms with E-state index < -0.39 is 0 Å². The van der Waals surface area contributed by atoms with Crippen LogP contribution < -0.4 is 0 Å². The molecule has 2 aromatic heterocycles. The molecule has 0 radical (unpaired) electrons. The molecule has 0 saturated heterocycles. The lowest BCUT2D eigenvalue weighted by molar-refractivity contribution is 0.442. The van der Waals surface area contributed by atoms with Crippen LogP contribution in [0.4, 0.5) is 15.8 Å². The van der Waals surface area contributed by atoms with E-state index in [-0.39, 0.29) is 5.82 Å². The van der Waals surface area contributed by atoms with Crippen LogP contribution in [-0.4, -0.2) is 8.75 Å². The Morgan fingerprint density at radius 3 is 1.76 bits per heavy atom. The van der Waals surface area contributed by atoms with E-state index in [1.165, 1.54) is 96.9 Å². The minimum atomic E-state index is -0.167. The van der Waals surface area contributed by atoms with Crippen molar-refractivity contribution in [3.05, 3.63) is 95.8 Å². The monoisotopic (exact) mass is 774 g/mol. The lowest BCUT2D eigenvalue weighted by Crippen LogP contribution is -2.04. The molecule has 0 amide bonds. The highest BCUT2D eigenvalue weighted by molar-refractivity contribution is 7.58. The first-order chi connectivity index (χ1) is 26.5. The third-order valence-electron chi connectivity index (χ3n) is 11.2. The minimum absolute atomic E-state index is 0.167. The van der Waals surface area contributed by atoms with E-state index in [2.05, 4.69) is 82.3 Å². The Morgan fingerprint density at radius 1 is 0.574 bits per heavy atom. The maximum absolute atomic E-state index is 15.6. The molecule has 6 aromatic rings. The number of halogens is 1. The average molecular weight is 775 g/mol. The Morgan fingerprint density at radius 2 is 1.13 bits per heavy atom. The lowest BCUT2D eigenvalue weighted by atomic mass is 9.90. The van der Waals surface area contributed by atoms with Crippen molar-refractivity contribution in [2.24, 2.45) is 20.6 Å². The maximum atomic E-state index is 15.6. The van der Waals surface area contributed by atoms with Gasteiger partial charge in [0.1, 0.15) is 28.2 Å². The summed E-state index contributed by atoms with van der Waals surface area (Å²) < 4.78 is 34.8. The first kappa shape index (κ1) is 38.4. The van der Waals surface area contributed by atoms with Crippen LogP contribution in [-0.2, 0) is 24.2 Å². The molecular formula is C46H51FN4S3. The molecular weight excluding hydrogens is 724 g/mol. The van der Waals surface area contributed by atoms with Crippen molar-refractivity contribution in [3.63, 3.8) is 0 Å². The van der Waals surface area contributed by atoms with Gasteiger partial charge in [-0.15, -0.1) is 11.3 Å². The second kappa shape index (κ2) is 18.2. The first-order valence-electron chi connectivity index (χ1n) is 20.0. The van der Waals surface area contributed by atoms with Crippen molar-refractivity contribution in [1.29, 1.82) is 0 Å². The number of aromatic nitrogens is 2. The summed E-state index contributed by atoms with van der Waals surface area (Å²) in [5, 5.41) is 0. The van der Waals surface area contributed by atoms with Crippen molar-refractivity contribution in [2.45, 2.75) is 105 Å². The maximum Gasteiger partial charge on any atom is 0.131 e. The molecule has 8 heteroatoms. The van der Waals surface area contributed by atoms with Crippen LogP contribution in [0.5, 0.6) is 0 Å². The Hall–Kier alpha value is -3.85. The van der Waals surface area contributed by atoms with Crippen LogP contribution in [0.1, 0.15) is 103 Å². The van der Waals surface area contributed by atoms with E-state index in [0.29, 0.717) is 11.5 Å². The third kappa shape index (κ3) is 8.51. The summed E-state index contributed by atoms with van der Waals surface area (Å²) in [6.07, 6.45) is 14.6.